The van der Waals surface area contributed by atoms with Crippen LogP contribution in [0.1, 0.15) is 77.2 Å². The van der Waals surface area contributed by atoms with Crippen molar-refractivity contribution in [2.24, 2.45) is 0 Å². The molecule has 16 heteroatoms. The summed E-state index contributed by atoms with van der Waals surface area (Å²) in [5.41, 5.74) is 7.58. The van der Waals surface area contributed by atoms with Gasteiger partial charge in [0.05, 0.1) is 58.7 Å². The quantitative estimate of drug-likeness (QED) is 0.0537. The van der Waals surface area contributed by atoms with Gasteiger partial charge in [-0.3, -0.25) is 19.2 Å². The predicted octanol–water partition coefficient (Wildman–Crippen LogP) is 6.64. The molecule has 2 aliphatic heterocycles. The van der Waals surface area contributed by atoms with Crippen molar-refractivity contribution in [1.29, 1.82) is 0 Å². The lowest BCUT2D eigenvalue weighted by Gasteiger charge is -2.51. The van der Waals surface area contributed by atoms with E-state index in [0.29, 0.717) is 51.9 Å². The van der Waals surface area contributed by atoms with Gasteiger partial charge in [0.15, 0.2) is 0 Å². The molecule has 0 radical (unpaired) electrons. The van der Waals surface area contributed by atoms with Gasteiger partial charge in [0, 0.05) is 49.7 Å². The molecular formula is C61H70N8O8. The number of methoxy groups -OCH3 is 2. The van der Waals surface area contributed by atoms with Gasteiger partial charge in [-0.15, -0.1) is 11.8 Å². The Morgan fingerprint density at radius 1 is 0.623 bits per heavy atom. The van der Waals surface area contributed by atoms with E-state index in [2.05, 4.69) is 54.3 Å². The first-order valence-corrected chi connectivity index (χ1v) is 25.9. The van der Waals surface area contributed by atoms with Gasteiger partial charge in [0.2, 0.25) is 23.6 Å². The average Bonchev–Trinajstić information content (AvgIpc) is 4.14. The zero-order valence-electron chi connectivity index (χ0n) is 45.2. The summed E-state index contributed by atoms with van der Waals surface area (Å²) < 4.78 is 23.1. The number of H-pyrrole nitrogens is 2. The van der Waals surface area contributed by atoms with Crippen LogP contribution in [0.25, 0.3) is 0 Å². The lowest BCUT2D eigenvalue weighted by molar-refractivity contribution is -0.171. The molecule has 0 bridgehead atoms. The number of aromatic nitrogens is 4. The molecule has 8 rings (SSSR count). The summed E-state index contributed by atoms with van der Waals surface area (Å²) in [5, 5.41) is 5.97. The fourth-order valence-corrected chi connectivity index (χ4v) is 9.70. The summed E-state index contributed by atoms with van der Waals surface area (Å²) in [7, 11) is 3.22. The van der Waals surface area contributed by atoms with E-state index in [1.54, 1.807) is 56.7 Å². The third-order valence-electron chi connectivity index (χ3n) is 14.0. The number of nitrogens with one attached hydrogen (secondary N) is 4. The van der Waals surface area contributed by atoms with Crippen molar-refractivity contribution in [3.8, 4) is 35.2 Å². The minimum atomic E-state index is -0.712. The largest absolute Gasteiger partial charge is 0.497 e. The molecule has 402 valence electrons. The third kappa shape index (κ3) is 14.8. The molecule has 4 heterocycles. The molecule has 0 aliphatic carbocycles. The number of carbonyl (C=O) groups excluding carboxylic acids is 4. The van der Waals surface area contributed by atoms with Crippen LogP contribution in [-0.4, -0.2) is 119 Å². The second-order valence-electron chi connectivity index (χ2n) is 19.3. The van der Waals surface area contributed by atoms with E-state index >= 15 is 0 Å². The second-order valence-corrected chi connectivity index (χ2v) is 19.3. The summed E-state index contributed by atoms with van der Waals surface area (Å²) in [6.45, 7) is 11.7. The molecular weight excluding hydrogens is 973 g/mol. The van der Waals surface area contributed by atoms with Crippen LogP contribution in [0.5, 0.6) is 11.5 Å². The first-order valence-electron chi connectivity index (χ1n) is 25.9. The molecule has 4 amide bonds. The normalized spacial score (nSPS) is 14.5. The smallest absolute Gasteiger partial charge is 0.245 e. The molecule has 2 aliphatic rings. The maximum atomic E-state index is 13.8. The number of hydrogen-bond acceptors (Lipinski definition) is 10. The topological polar surface area (TPSA) is 193 Å². The van der Waals surface area contributed by atoms with Gasteiger partial charge in [-0.1, -0.05) is 84.6 Å². The second kappa shape index (κ2) is 27.0. The lowest BCUT2D eigenvalue weighted by atomic mass is 9.82. The van der Waals surface area contributed by atoms with Crippen molar-refractivity contribution in [2.75, 3.05) is 53.6 Å². The first kappa shape index (κ1) is 56.5. The van der Waals surface area contributed by atoms with Gasteiger partial charge >= 0.3 is 0 Å². The molecule has 16 nitrogen and oxygen atoms in total. The molecule has 4 N–H and O–H groups in total. The number of amides is 4. The molecule has 4 aromatic carbocycles. The van der Waals surface area contributed by atoms with E-state index in [9.17, 15) is 19.2 Å². The molecule has 0 spiro atoms. The highest BCUT2D eigenvalue weighted by Crippen LogP contribution is 2.39. The minimum absolute atomic E-state index is 0.134. The Balaban J connectivity index is 0.000000224. The molecule has 2 fully saturated rings. The Hall–Kier alpha value is -8.18. The Bertz CT molecular complexity index is 3040. The molecule has 77 heavy (non-hydrogen) atoms. The van der Waals surface area contributed by atoms with E-state index in [4.69, 9.17) is 18.9 Å². The standard InChI is InChI=1S/C31H36N4O4.C30H34N4O4/c1-5-6-17-39-31(26-10-8-7-9-22(26)2)19-35(20-31)30(37)28(18-24-11-13-25(38-4)14-12-24)34-29(36)16-15-27-23(3)32-21-33-27;1-4-5-16-38-30(26-9-7-6-8-22(26)2)19-34(20-30)29(36)27(17-23-10-13-25(37-3)14-11-23)33-28(35)15-12-24-18-31-21-32-24/h7-14,21,28H,15-20H2,1-4H3,(H,32,33)(H,34,36);6-11,13-14,18,21,27H,12,15-17,19-20H2,1-3H3,(H,31,32)(H,33,35)/t28-;27-/m11/s1. The predicted molar refractivity (Wildman–Crippen MR) is 293 cm³/mol. The number of aryl methyl sites for hydroxylation is 5. The number of carbonyl (C=O) groups is 4. The molecule has 2 atom stereocenters. The third-order valence-corrected chi connectivity index (χ3v) is 14.0. The SMILES string of the molecule is CC#CCOC1(c2ccccc2C)CN(C(=O)[C@@H](Cc2ccc(OC)cc2)NC(=O)CCc2cnc[nH]2)C1.CC#CCOC1(c2ccccc2C)CN(C(=O)[C@@H](Cc2ccc(OC)cc2)NC(=O)CCc2nc[nH]c2C)C1. The van der Waals surface area contributed by atoms with Gasteiger partial charge in [0.1, 0.15) is 48.0 Å². The number of nitrogens with zero attached hydrogens (tertiary/aromatic N) is 4. The van der Waals surface area contributed by atoms with Crippen LogP contribution in [0.3, 0.4) is 0 Å². The van der Waals surface area contributed by atoms with Crippen LogP contribution in [-0.2, 0) is 65.5 Å². The van der Waals surface area contributed by atoms with Crippen LogP contribution >= 0.6 is 0 Å². The summed E-state index contributed by atoms with van der Waals surface area (Å²) in [6, 6.07) is 29.8. The maximum absolute atomic E-state index is 13.8. The number of likely N-dealkylation sites (tertiary alicyclic amines) is 2. The summed E-state index contributed by atoms with van der Waals surface area (Å²) >= 11 is 0. The number of benzene rings is 4. The van der Waals surface area contributed by atoms with Crippen molar-refractivity contribution < 1.29 is 38.1 Å². The summed E-state index contributed by atoms with van der Waals surface area (Å²) in [4.78, 5) is 71.2. The summed E-state index contributed by atoms with van der Waals surface area (Å²) in [5.74, 6) is 12.5. The Morgan fingerprint density at radius 2 is 1.08 bits per heavy atom. The average molecular weight is 1040 g/mol. The number of aromatic amines is 2. The number of rotatable bonds is 22. The molecule has 0 saturated carbocycles. The highest BCUT2D eigenvalue weighted by molar-refractivity contribution is 5.89. The fraction of sp³-hybridized carbons (Fsp3) is 0.377. The maximum Gasteiger partial charge on any atom is 0.245 e. The van der Waals surface area contributed by atoms with Crippen molar-refractivity contribution in [2.45, 2.75) is 96.4 Å². The van der Waals surface area contributed by atoms with E-state index in [1.165, 1.54) is 0 Å². The highest BCUT2D eigenvalue weighted by Gasteiger charge is 2.51. The minimum Gasteiger partial charge on any atom is -0.497 e. The van der Waals surface area contributed by atoms with E-state index in [1.807, 2.05) is 118 Å². The zero-order chi connectivity index (χ0) is 54.8. The monoisotopic (exact) mass is 1040 g/mol. The van der Waals surface area contributed by atoms with Gasteiger partial charge in [-0.25, -0.2) is 9.97 Å². The molecule has 6 aromatic rings. The first-order chi connectivity index (χ1) is 37.3. The van der Waals surface area contributed by atoms with Crippen LogP contribution in [0.15, 0.2) is 116 Å². The Labute approximate surface area is 452 Å². The fourth-order valence-electron chi connectivity index (χ4n) is 9.70. The van der Waals surface area contributed by atoms with Crippen molar-refractivity contribution in [3.63, 3.8) is 0 Å². The van der Waals surface area contributed by atoms with Crippen LogP contribution in [0, 0.1) is 44.5 Å². The Kier molecular flexibility index (Phi) is 19.9. The van der Waals surface area contributed by atoms with Crippen LogP contribution in [0.2, 0.25) is 0 Å². The van der Waals surface area contributed by atoms with Gasteiger partial charge in [-0.2, -0.15) is 0 Å². The van der Waals surface area contributed by atoms with Gasteiger partial charge < -0.3 is 49.3 Å². The van der Waals surface area contributed by atoms with Crippen LogP contribution < -0.4 is 20.1 Å². The van der Waals surface area contributed by atoms with E-state index < -0.39 is 23.3 Å². The van der Waals surface area contributed by atoms with Crippen molar-refractivity contribution >= 4 is 23.6 Å². The van der Waals surface area contributed by atoms with Gasteiger partial charge in [-0.05, 0) is 98.7 Å². The van der Waals surface area contributed by atoms with Gasteiger partial charge in [0.25, 0.3) is 0 Å². The summed E-state index contributed by atoms with van der Waals surface area (Å²) in [6.07, 6.45) is 7.14. The van der Waals surface area contributed by atoms with Crippen molar-refractivity contribution in [1.82, 2.24) is 40.4 Å². The number of hydrogen-bond donors (Lipinski definition) is 4. The Morgan fingerprint density at radius 3 is 1.47 bits per heavy atom. The number of ether oxygens (including phenoxy) is 4. The van der Waals surface area contributed by atoms with Crippen molar-refractivity contribution in [3.05, 3.63) is 166 Å². The molecule has 2 saturated heterocycles. The number of imidazole rings is 2. The van der Waals surface area contributed by atoms with E-state index in [0.717, 1.165) is 62.0 Å². The lowest BCUT2D eigenvalue weighted by Crippen LogP contribution is -2.66. The van der Waals surface area contributed by atoms with E-state index in [-0.39, 0.29) is 49.7 Å². The molecule has 0 unspecified atom stereocenters. The molecule has 2 aromatic heterocycles. The highest BCUT2D eigenvalue weighted by atomic mass is 16.5. The zero-order valence-corrected chi connectivity index (χ0v) is 45.2. The van der Waals surface area contributed by atoms with Crippen LogP contribution in [0.4, 0.5) is 0 Å².